The molecule has 148 valence electrons. The molecule has 0 atom stereocenters. The van der Waals surface area contributed by atoms with Crippen molar-refractivity contribution in [2.45, 2.75) is 37.0 Å². The Bertz CT molecular complexity index is 1040. The number of hydrogen-bond acceptors (Lipinski definition) is 3. The van der Waals surface area contributed by atoms with Crippen molar-refractivity contribution in [3.8, 4) is 0 Å². The second kappa shape index (κ2) is 6.67. The fraction of sp³-hybridized carbons (Fsp3) is 0.381. The number of halogens is 1. The zero-order valence-electron chi connectivity index (χ0n) is 16.0. The molecule has 7 heteroatoms. The van der Waals surface area contributed by atoms with E-state index in [1.807, 2.05) is 31.2 Å². The van der Waals surface area contributed by atoms with Gasteiger partial charge in [-0.05, 0) is 62.1 Å². The van der Waals surface area contributed by atoms with Crippen LogP contribution in [0.2, 0.25) is 0 Å². The van der Waals surface area contributed by atoms with Gasteiger partial charge in [-0.2, -0.15) is 4.31 Å². The summed E-state index contributed by atoms with van der Waals surface area (Å²) in [6, 6.07) is 11.6. The minimum atomic E-state index is -3.72. The normalized spacial score (nSPS) is 19.2. The van der Waals surface area contributed by atoms with Crippen molar-refractivity contribution in [1.29, 1.82) is 0 Å². The van der Waals surface area contributed by atoms with Crippen LogP contribution in [-0.2, 0) is 20.2 Å². The van der Waals surface area contributed by atoms with Crippen LogP contribution >= 0.6 is 0 Å². The molecule has 2 heterocycles. The van der Waals surface area contributed by atoms with E-state index in [-0.39, 0.29) is 23.9 Å². The number of carbonyl (C=O) groups excluding carboxylic acids is 1. The Morgan fingerprint density at radius 2 is 1.79 bits per heavy atom. The second-order valence-corrected chi connectivity index (χ2v) is 9.40. The van der Waals surface area contributed by atoms with Gasteiger partial charge < -0.3 is 4.90 Å². The van der Waals surface area contributed by atoms with Gasteiger partial charge >= 0.3 is 0 Å². The predicted molar refractivity (Wildman–Crippen MR) is 105 cm³/mol. The fourth-order valence-electron chi connectivity index (χ4n) is 4.43. The average Bonchev–Trinajstić information content (AvgIpc) is 2.92. The minimum absolute atomic E-state index is 0.0610. The van der Waals surface area contributed by atoms with Gasteiger partial charge in [0.1, 0.15) is 5.82 Å². The summed E-state index contributed by atoms with van der Waals surface area (Å²) in [5.41, 5.74) is 1.57. The van der Waals surface area contributed by atoms with Crippen molar-refractivity contribution in [2.75, 3.05) is 24.5 Å². The first-order valence-corrected chi connectivity index (χ1v) is 10.9. The third-order valence-electron chi connectivity index (χ3n) is 6.02. The summed E-state index contributed by atoms with van der Waals surface area (Å²) in [6.07, 6.45) is 0.886. The van der Waals surface area contributed by atoms with Crippen LogP contribution in [0.3, 0.4) is 0 Å². The smallest absolute Gasteiger partial charge is 0.243 e. The summed E-state index contributed by atoms with van der Waals surface area (Å²) in [4.78, 5) is 15.1. The summed E-state index contributed by atoms with van der Waals surface area (Å²) >= 11 is 0. The summed E-state index contributed by atoms with van der Waals surface area (Å²) in [7, 11) is -3.72. The molecule has 1 amide bonds. The van der Waals surface area contributed by atoms with Gasteiger partial charge in [0.05, 0.1) is 10.3 Å². The molecule has 0 bridgehead atoms. The van der Waals surface area contributed by atoms with E-state index in [2.05, 4.69) is 0 Å². The Morgan fingerprint density at radius 1 is 1.11 bits per heavy atom. The van der Waals surface area contributed by atoms with E-state index in [1.165, 1.54) is 22.5 Å². The summed E-state index contributed by atoms with van der Waals surface area (Å²) in [5, 5.41) is 0. The molecule has 2 aliphatic heterocycles. The van der Waals surface area contributed by atoms with E-state index < -0.39 is 21.3 Å². The predicted octanol–water partition coefficient (Wildman–Crippen LogP) is 3.22. The molecule has 1 spiro atoms. The Kier molecular flexibility index (Phi) is 4.55. The van der Waals surface area contributed by atoms with Crippen LogP contribution in [0.4, 0.5) is 10.1 Å². The molecular formula is C21H23FN2O3S. The monoisotopic (exact) mass is 402 g/mol. The zero-order valence-corrected chi connectivity index (χ0v) is 16.8. The molecule has 0 aliphatic carbocycles. The lowest BCUT2D eigenvalue weighted by Crippen LogP contribution is -2.50. The molecule has 2 aromatic carbocycles. The summed E-state index contributed by atoms with van der Waals surface area (Å²) in [6.45, 7) is 4.61. The van der Waals surface area contributed by atoms with Crippen LogP contribution < -0.4 is 4.90 Å². The Hall–Kier alpha value is -2.25. The number of rotatable bonds is 3. The number of hydrogen-bond donors (Lipinski definition) is 0. The molecule has 0 saturated carbocycles. The number of nitrogens with zero attached hydrogens (tertiary/aromatic N) is 2. The van der Waals surface area contributed by atoms with E-state index in [4.69, 9.17) is 0 Å². The van der Waals surface area contributed by atoms with Gasteiger partial charge in [0.25, 0.3) is 0 Å². The van der Waals surface area contributed by atoms with Gasteiger partial charge in [-0.15, -0.1) is 0 Å². The molecule has 2 aromatic rings. The van der Waals surface area contributed by atoms with Gasteiger partial charge in [0.15, 0.2) is 0 Å². The van der Waals surface area contributed by atoms with Crippen LogP contribution in [-0.4, -0.2) is 38.3 Å². The van der Waals surface area contributed by atoms with Crippen LogP contribution in [0.5, 0.6) is 0 Å². The highest BCUT2D eigenvalue weighted by molar-refractivity contribution is 7.89. The topological polar surface area (TPSA) is 57.7 Å². The molecule has 0 radical (unpaired) electrons. The number of carbonyl (C=O) groups is 1. The fourth-order valence-corrected chi connectivity index (χ4v) is 5.96. The van der Waals surface area contributed by atoms with Crippen molar-refractivity contribution >= 4 is 21.6 Å². The Labute approximate surface area is 164 Å². The molecule has 0 aromatic heterocycles. The highest BCUT2D eigenvalue weighted by Gasteiger charge is 2.52. The molecule has 1 fully saturated rings. The van der Waals surface area contributed by atoms with Crippen molar-refractivity contribution in [1.82, 2.24) is 4.31 Å². The number of likely N-dealkylation sites (N-methyl/N-ethyl adjacent to an activating group) is 1. The number of para-hydroxylation sites is 1. The zero-order chi connectivity index (χ0) is 20.1. The van der Waals surface area contributed by atoms with Gasteiger partial charge in [0.2, 0.25) is 15.9 Å². The van der Waals surface area contributed by atoms with Crippen molar-refractivity contribution in [3.05, 3.63) is 59.4 Å². The van der Waals surface area contributed by atoms with E-state index in [0.717, 1.165) is 11.3 Å². The second-order valence-electron chi connectivity index (χ2n) is 7.46. The molecule has 0 N–H and O–H groups in total. The minimum Gasteiger partial charge on any atom is -0.312 e. The lowest BCUT2D eigenvalue weighted by Gasteiger charge is -2.37. The standard InChI is InChI=1S/C21H23FN2O3S/c1-3-24-19-7-5-4-6-17(19)21(20(24)25)10-12-23(13-11-21)28(26,27)16-8-9-18(22)15(2)14-16/h4-9,14H,3,10-13H2,1-2H3. The van der Waals surface area contributed by atoms with E-state index in [0.29, 0.717) is 24.9 Å². The van der Waals surface area contributed by atoms with Crippen molar-refractivity contribution in [2.24, 2.45) is 0 Å². The molecule has 5 nitrogen and oxygen atoms in total. The molecule has 1 saturated heterocycles. The SMILES string of the molecule is CCN1C(=O)C2(CCN(S(=O)(=O)c3ccc(F)c(C)c3)CC2)c2ccccc21. The number of aryl methyl sites for hydroxylation is 1. The highest BCUT2D eigenvalue weighted by atomic mass is 32.2. The molecule has 28 heavy (non-hydrogen) atoms. The van der Waals surface area contributed by atoms with Gasteiger partial charge in [-0.3, -0.25) is 4.79 Å². The number of sulfonamides is 1. The maximum atomic E-state index is 13.5. The lowest BCUT2D eigenvalue weighted by atomic mass is 9.74. The van der Waals surface area contributed by atoms with Crippen LogP contribution in [0.25, 0.3) is 0 Å². The number of fused-ring (bicyclic) bond motifs is 2. The molecule has 2 aliphatic rings. The summed E-state index contributed by atoms with van der Waals surface area (Å²) < 4.78 is 41.0. The van der Waals surface area contributed by atoms with E-state index in [1.54, 1.807) is 11.8 Å². The van der Waals surface area contributed by atoms with E-state index >= 15 is 0 Å². The Morgan fingerprint density at radius 3 is 2.43 bits per heavy atom. The highest BCUT2D eigenvalue weighted by Crippen LogP contribution is 2.48. The summed E-state index contributed by atoms with van der Waals surface area (Å²) in [5.74, 6) is -0.366. The third-order valence-corrected chi connectivity index (χ3v) is 7.92. The van der Waals surface area contributed by atoms with Crippen molar-refractivity contribution < 1.29 is 17.6 Å². The van der Waals surface area contributed by atoms with Gasteiger partial charge in [0, 0.05) is 25.3 Å². The van der Waals surface area contributed by atoms with Crippen LogP contribution in [0.15, 0.2) is 47.4 Å². The van der Waals surface area contributed by atoms with Crippen LogP contribution in [0.1, 0.15) is 30.9 Å². The third kappa shape index (κ3) is 2.68. The number of anilines is 1. The van der Waals surface area contributed by atoms with E-state index in [9.17, 15) is 17.6 Å². The molecule has 4 rings (SSSR count). The number of piperidine rings is 1. The first-order valence-electron chi connectivity index (χ1n) is 9.49. The number of amides is 1. The van der Waals surface area contributed by atoms with Crippen molar-refractivity contribution in [3.63, 3.8) is 0 Å². The molecule has 0 unspecified atom stereocenters. The van der Waals surface area contributed by atoms with Crippen LogP contribution in [0, 0.1) is 12.7 Å². The van der Waals surface area contributed by atoms with Gasteiger partial charge in [-0.25, -0.2) is 12.8 Å². The quantitative estimate of drug-likeness (QED) is 0.792. The maximum absolute atomic E-state index is 13.5. The lowest BCUT2D eigenvalue weighted by molar-refractivity contribution is -0.124. The Balaban J connectivity index is 1.63. The first kappa shape index (κ1) is 19.1. The average molecular weight is 402 g/mol. The largest absolute Gasteiger partial charge is 0.312 e. The number of benzene rings is 2. The molecular weight excluding hydrogens is 379 g/mol. The first-order chi connectivity index (χ1) is 13.3. The van der Waals surface area contributed by atoms with Gasteiger partial charge in [-0.1, -0.05) is 18.2 Å². The maximum Gasteiger partial charge on any atom is 0.243 e.